The maximum Gasteiger partial charge on any atom is 0.124 e. The van der Waals surface area contributed by atoms with Crippen molar-refractivity contribution in [1.82, 2.24) is 0 Å². The Morgan fingerprint density at radius 2 is 2.50 bits per heavy atom. The Kier molecular flexibility index (Phi) is 2.51. The van der Waals surface area contributed by atoms with Crippen LogP contribution in [0.2, 0.25) is 0 Å². The SMILES string of the molecule is O=CCC1=CC(=S)CC=C1. The number of hydrogen-bond donors (Lipinski definition) is 0. The number of carbonyl (C=O) groups is 1. The second-order valence-electron chi connectivity index (χ2n) is 2.16. The molecule has 0 spiro atoms. The Labute approximate surface area is 65.4 Å². The van der Waals surface area contributed by atoms with Gasteiger partial charge in [0.15, 0.2) is 0 Å². The van der Waals surface area contributed by atoms with E-state index in [1.165, 1.54) is 0 Å². The van der Waals surface area contributed by atoms with Gasteiger partial charge in [0, 0.05) is 17.7 Å². The van der Waals surface area contributed by atoms with Crippen LogP contribution in [0.25, 0.3) is 0 Å². The smallest absolute Gasteiger partial charge is 0.124 e. The molecule has 0 heterocycles. The van der Waals surface area contributed by atoms with Gasteiger partial charge in [-0.25, -0.2) is 0 Å². The van der Waals surface area contributed by atoms with E-state index in [1.807, 2.05) is 18.2 Å². The summed E-state index contributed by atoms with van der Waals surface area (Å²) in [5.74, 6) is 0. The van der Waals surface area contributed by atoms with Crippen molar-refractivity contribution < 1.29 is 4.79 Å². The molecule has 0 saturated carbocycles. The summed E-state index contributed by atoms with van der Waals surface area (Å²) in [4.78, 5) is 11.0. The maximum absolute atomic E-state index is 10.1. The van der Waals surface area contributed by atoms with Crippen LogP contribution in [-0.2, 0) is 4.79 Å². The van der Waals surface area contributed by atoms with Crippen molar-refractivity contribution in [3.05, 3.63) is 23.8 Å². The monoisotopic (exact) mass is 152 g/mol. The van der Waals surface area contributed by atoms with Gasteiger partial charge in [0.1, 0.15) is 6.29 Å². The molecule has 2 heteroatoms. The van der Waals surface area contributed by atoms with E-state index < -0.39 is 0 Å². The molecule has 0 saturated heterocycles. The van der Waals surface area contributed by atoms with E-state index >= 15 is 0 Å². The average Bonchev–Trinajstić information content (AvgIpc) is 1.88. The van der Waals surface area contributed by atoms with E-state index in [1.54, 1.807) is 0 Å². The van der Waals surface area contributed by atoms with Crippen LogP contribution in [0.1, 0.15) is 12.8 Å². The first-order valence-corrected chi connectivity index (χ1v) is 3.57. The summed E-state index contributed by atoms with van der Waals surface area (Å²) in [5.41, 5.74) is 1.02. The maximum atomic E-state index is 10.1. The quantitative estimate of drug-likeness (QED) is 0.443. The molecule has 1 aliphatic carbocycles. The molecule has 0 atom stereocenters. The van der Waals surface area contributed by atoms with Gasteiger partial charge in [-0.05, 0) is 11.6 Å². The van der Waals surface area contributed by atoms with E-state index in [2.05, 4.69) is 0 Å². The van der Waals surface area contributed by atoms with Crippen LogP contribution in [0.15, 0.2) is 23.8 Å². The molecule has 1 aliphatic rings. The molecule has 10 heavy (non-hydrogen) atoms. The molecule has 0 fully saturated rings. The van der Waals surface area contributed by atoms with Gasteiger partial charge in [-0.15, -0.1) is 0 Å². The molecule has 0 N–H and O–H groups in total. The molecule has 52 valence electrons. The first-order chi connectivity index (χ1) is 4.83. The fourth-order valence-corrected chi connectivity index (χ4v) is 1.11. The first kappa shape index (κ1) is 7.35. The lowest BCUT2D eigenvalue weighted by Crippen LogP contribution is -1.95. The van der Waals surface area contributed by atoms with Crippen LogP contribution >= 0.6 is 12.2 Å². The highest BCUT2D eigenvalue weighted by Crippen LogP contribution is 2.09. The molecular weight excluding hydrogens is 144 g/mol. The minimum Gasteiger partial charge on any atom is -0.303 e. The summed E-state index contributed by atoms with van der Waals surface area (Å²) < 4.78 is 0. The van der Waals surface area contributed by atoms with Crippen LogP contribution in [-0.4, -0.2) is 11.2 Å². The Balaban J connectivity index is 2.66. The lowest BCUT2D eigenvalue weighted by Gasteiger charge is -2.02. The standard InChI is InChI=1S/C8H8OS/c9-5-4-7-2-1-3-8(10)6-7/h1-2,5-6H,3-4H2. The Morgan fingerprint density at radius 3 is 3.10 bits per heavy atom. The van der Waals surface area contributed by atoms with Crippen molar-refractivity contribution in [2.75, 3.05) is 0 Å². The third kappa shape index (κ3) is 1.88. The third-order valence-electron chi connectivity index (χ3n) is 1.32. The summed E-state index contributed by atoms with van der Waals surface area (Å²) in [5, 5.41) is 0. The minimum atomic E-state index is 0.483. The molecule has 0 amide bonds. The zero-order chi connectivity index (χ0) is 7.40. The number of rotatable bonds is 2. The van der Waals surface area contributed by atoms with Gasteiger partial charge < -0.3 is 4.79 Å². The number of allylic oxidation sites excluding steroid dienone is 4. The molecule has 0 aromatic heterocycles. The molecule has 0 aliphatic heterocycles. The van der Waals surface area contributed by atoms with E-state index in [0.29, 0.717) is 6.42 Å². The lowest BCUT2D eigenvalue weighted by molar-refractivity contribution is -0.107. The molecule has 1 nitrogen and oxygen atoms in total. The van der Waals surface area contributed by atoms with Crippen molar-refractivity contribution in [3.8, 4) is 0 Å². The molecular formula is C8H8OS. The second kappa shape index (κ2) is 3.42. The molecule has 0 aromatic carbocycles. The lowest BCUT2D eigenvalue weighted by atomic mass is 10.1. The van der Waals surface area contributed by atoms with Gasteiger partial charge in [-0.2, -0.15) is 0 Å². The minimum absolute atomic E-state index is 0.483. The highest BCUT2D eigenvalue weighted by Gasteiger charge is 1.99. The Bertz CT molecular complexity index is 213. The predicted molar refractivity (Wildman–Crippen MR) is 45.1 cm³/mol. The van der Waals surface area contributed by atoms with E-state index in [-0.39, 0.29) is 0 Å². The van der Waals surface area contributed by atoms with E-state index in [4.69, 9.17) is 12.2 Å². The molecule has 0 unspecified atom stereocenters. The van der Waals surface area contributed by atoms with Gasteiger partial charge in [0.05, 0.1) is 0 Å². The second-order valence-corrected chi connectivity index (χ2v) is 2.69. The van der Waals surface area contributed by atoms with Crippen molar-refractivity contribution in [3.63, 3.8) is 0 Å². The van der Waals surface area contributed by atoms with Gasteiger partial charge >= 0.3 is 0 Å². The number of aldehydes is 1. The van der Waals surface area contributed by atoms with Crippen LogP contribution in [0, 0.1) is 0 Å². The fraction of sp³-hybridized carbons (Fsp3) is 0.250. The summed E-state index contributed by atoms with van der Waals surface area (Å²) in [6, 6.07) is 0. The zero-order valence-electron chi connectivity index (χ0n) is 5.54. The van der Waals surface area contributed by atoms with Gasteiger partial charge in [0.2, 0.25) is 0 Å². The summed E-state index contributed by atoms with van der Waals surface area (Å²) in [6.45, 7) is 0. The molecule has 0 radical (unpaired) electrons. The van der Waals surface area contributed by atoms with E-state index in [0.717, 1.165) is 23.1 Å². The zero-order valence-corrected chi connectivity index (χ0v) is 6.36. The van der Waals surface area contributed by atoms with Crippen LogP contribution in [0.5, 0.6) is 0 Å². The number of carbonyl (C=O) groups excluding carboxylic acids is 1. The summed E-state index contributed by atoms with van der Waals surface area (Å²) in [6.07, 6.45) is 8.05. The van der Waals surface area contributed by atoms with Crippen molar-refractivity contribution >= 4 is 23.4 Å². The first-order valence-electron chi connectivity index (χ1n) is 3.16. The van der Waals surface area contributed by atoms with Crippen molar-refractivity contribution in [2.45, 2.75) is 12.8 Å². The Morgan fingerprint density at radius 1 is 1.70 bits per heavy atom. The van der Waals surface area contributed by atoms with Gasteiger partial charge in [-0.3, -0.25) is 0 Å². The highest BCUT2D eigenvalue weighted by molar-refractivity contribution is 7.80. The van der Waals surface area contributed by atoms with E-state index in [9.17, 15) is 4.79 Å². The van der Waals surface area contributed by atoms with Crippen LogP contribution < -0.4 is 0 Å². The topological polar surface area (TPSA) is 17.1 Å². The molecule has 0 aromatic rings. The Hall–Kier alpha value is -0.760. The molecule has 0 bridgehead atoms. The summed E-state index contributed by atoms with van der Waals surface area (Å²) >= 11 is 4.95. The number of hydrogen-bond acceptors (Lipinski definition) is 2. The fourth-order valence-electron chi connectivity index (χ4n) is 0.863. The van der Waals surface area contributed by atoms with Crippen molar-refractivity contribution in [2.24, 2.45) is 0 Å². The number of thiocarbonyl (C=S) groups is 1. The average molecular weight is 152 g/mol. The largest absolute Gasteiger partial charge is 0.303 e. The van der Waals surface area contributed by atoms with Gasteiger partial charge in [-0.1, -0.05) is 24.4 Å². The molecule has 1 rings (SSSR count). The normalized spacial score (nSPS) is 16.8. The van der Waals surface area contributed by atoms with Crippen molar-refractivity contribution in [1.29, 1.82) is 0 Å². The van der Waals surface area contributed by atoms with Crippen LogP contribution in [0.4, 0.5) is 0 Å². The predicted octanol–water partition coefficient (Wildman–Crippen LogP) is 1.83. The van der Waals surface area contributed by atoms with Gasteiger partial charge in [0.25, 0.3) is 0 Å². The third-order valence-corrected chi connectivity index (χ3v) is 1.60. The summed E-state index contributed by atoms with van der Waals surface area (Å²) in [7, 11) is 0. The highest BCUT2D eigenvalue weighted by atomic mass is 32.1. The van der Waals surface area contributed by atoms with Crippen LogP contribution in [0.3, 0.4) is 0 Å².